The van der Waals surface area contributed by atoms with E-state index in [1.54, 1.807) is 15.5 Å². The van der Waals surface area contributed by atoms with Gasteiger partial charge in [-0.05, 0) is 31.9 Å². The van der Waals surface area contributed by atoms with Crippen molar-refractivity contribution in [1.29, 1.82) is 0 Å². The van der Waals surface area contributed by atoms with Crippen molar-refractivity contribution in [3.63, 3.8) is 0 Å². The number of halogens is 1. The Bertz CT molecular complexity index is 1240. The second-order valence-corrected chi connectivity index (χ2v) is 8.54. The molecule has 2 aliphatic rings. The minimum atomic E-state index is -1.35. The Kier molecular flexibility index (Phi) is 6.36. The van der Waals surface area contributed by atoms with Gasteiger partial charge in [-0.25, -0.2) is 9.18 Å². The number of aromatic nitrogens is 1. The van der Waals surface area contributed by atoms with Crippen LogP contribution in [0, 0.1) is 5.82 Å². The molecule has 1 saturated carbocycles. The number of ketones is 1. The predicted molar refractivity (Wildman–Crippen MR) is 118 cm³/mol. The molecule has 1 N–H and O–H groups in total. The molecule has 0 atom stereocenters. The summed E-state index contributed by atoms with van der Waals surface area (Å²) >= 11 is 0. The summed E-state index contributed by atoms with van der Waals surface area (Å²) in [4.78, 5) is 62.1. The van der Waals surface area contributed by atoms with Gasteiger partial charge in [-0.1, -0.05) is 0 Å². The number of carbonyl (C=O) groups is 4. The zero-order chi connectivity index (χ0) is 24.6. The fraction of sp³-hybridized carbons (Fsp3) is 0.435. The summed E-state index contributed by atoms with van der Waals surface area (Å²) in [6.45, 7) is 1.97. The number of rotatable bonds is 7. The number of carboxylic acid groups (broad SMARTS) is 1. The smallest absolute Gasteiger partial charge is 0.341 e. The van der Waals surface area contributed by atoms with Gasteiger partial charge >= 0.3 is 11.9 Å². The first kappa shape index (κ1) is 23.4. The zero-order valence-electron chi connectivity index (χ0n) is 18.6. The van der Waals surface area contributed by atoms with E-state index in [1.807, 2.05) is 0 Å². The molecule has 11 heteroatoms. The number of Topliss-reactive ketones (excluding diaryl/α,β-unsaturated/α-hetero) is 1. The first-order valence-electron chi connectivity index (χ1n) is 10.9. The van der Waals surface area contributed by atoms with Crippen molar-refractivity contribution in [2.45, 2.75) is 32.2 Å². The standard InChI is InChI=1S/C23H24FN3O7/c1-13(28)8-21(30)34-12-20(29)26-6-4-25(5-7-26)19-10-18-15(9-17(19)24)22(31)16(23(32)33)11-27(18)14-2-3-14/h9-11,14H,2-8,12H2,1H3,(H,32,33). The minimum Gasteiger partial charge on any atom is -0.477 e. The molecule has 180 valence electrons. The Morgan fingerprint density at radius 2 is 1.79 bits per heavy atom. The van der Waals surface area contributed by atoms with Gasteiger partial charge in [0.15, 0.2) is 6.61 Å². The normalized spacial score (nSPS) is 15.9. The van der Waals surface area contributed by atoms with Gasteiger partial charge in [-0.3, -0.25) is 19.2 Å². The highest BCUT2D eigenvalue weighted by Gasteiger charge is 2.29. The van der Waals surface area contributed by atoms with Gasteiger partial charge in [0, 0.05) is 43.8 Å². The van der Waals surface area contributed by atoms with Crippen LogP contribution >= 0.6 is 0 Å². The van der Waals surface area contributed by atoms with E-state index in [-0.39, 0.29) is 48.0 Å². The molecule has 2 aromatic rings. The van der Waals surface area contributed by atoms with E-state index < -0.39 is 35.7 Å². The molecule has 2 heterocycles. The van der Waals surface area contributed by atoms with Crippen LogP contribution in [0.2, 0.25) is 0 Å². The molecule has 0 unspecified atom stereocenters. The number of pyridine rings is 1. The molecule has 34 heavy (non-hydrogen) atoms. The molecule has 1 amide bonds. The average molecular weight is 473 g/mol. The Balaban J connectivity index is 1.51. The van der Waals surface area contributed by atoms with Gasteiger partial charge in [0.25, 0.3) is 5.91 Å². The lowest BCUT2D eigenvalue weighted by molar-refractivity contribution is -0.153. The number of nitrogens with zero attached hydrogens (tertiary/aromatic N) is 3. The predicted octanol–water partition coefficient (Wildman–Crippen LogP) is 1.34. The van der Waals surface area contributed by atoms with E-state index in [4.69, 9.17) is 4.74 Å². The molecule has 1 saturated heterocycles. The molecular weight excluding hydrogens is 449 g/mol. The summed E-state index contributed by atoms with van der Waals surface area (Å²) in [7, 11) is 0. The van der Waals surface area contributed by atoms with Crippen LogP contribution in [0.5, 0.6) is 0 Å². The number of carbonyl (C=O) groups excluding carboxylic acids is 3. The Hall–Kier alpha value is -3.76. The topological polar surface area (TPSA) is 126 Å². The van der Waals surface area contributed by atoms with Crippen LogP contribution in [0.4, 0.5) is 10.1 Å². The second-order valence-electron chi connectivity index (χ2n) is 8.54. The van der Waals surface area contributed by atoms with E-state index in [0.29, 0.717) is 18.6 Å². The van der Waals surface area contributed by atoms with Crippen molar-refractivity contribution >= 4 is 40.2 Å². The number of benzene rings is 1. The van der Waals surface area contributed by atoms with Gasteiger partial charge in [0.2, 0.25) is 5.43 Å². The number of ether oxygens (including phenoxy) is 1. The first-order valence-corrected chi connectivity index (χ1v) is 10.9. The summed E-state index contributed by atoms with van der Waals surface area (Å²) < 4.78 is 21.6. The van der Waals surface area contributed by atoms with Crippen LogP contribution < -0.4 is 10.3 Å². The third-order valence-electron chi connectivity index (χ3n) is 5.99. The van der Waals surface area contributed by atoms with Crippen LogP contribution in [-0.2, 0) is 19.1 Å². The molecule has 10 nitrogen and oxygen atoms in total. The van der Waals surface area contributed by atoms with Crippen molar-refractivity contribution < 1.29 is 33.4 Å². The van der Waals surface area contributed by atoms with Gasteiger partial charge < -0.3 is 24.2 Å². The summed E-state index contributed by atoms with van der Waals surface area (Å²) in [6, 6.07) is 2.72. The highest BCUT2D eigenvalue weighted by atomic mass is 19.1. The van der Waals surface area contributed by atoms with Gasteiger partial charge in [-0.2, -0.15) is 0 Å². The molecule has 0 spiro atoms. The van der Waals surface area contributed by atoms with Gasteiger partial charge in [-0.15, -0.1) is 0 Å². The van der Waals surface area contributed by atoms with Crippen LogP contribution in [0.1, 0.15) is 42.6 Å². The maximum atomic E-state index is 15.0. The van der Waals surface area contributed by atoms with Crippen molar-refractivity contribution in [2.24, 2.45) is 0 Å². The third-order valence-corrected chi connectivity index (χ3v) is 5.99. The number of hydrogen-bond acceptors (Lipinski definition) is 7. The highest BCUT2D eigenvalue weighted by Crippen LogP contribution is 2.38. The SMILES string of the molecule is CC(=O)CC(=O)OCC(=O)N1CCN(c2cc3c(cc2F)c(=O)c(C(=O)O)cn3C2CC2)CC1. The number of hydrogen-bond donors (Lipinski definition) is 1. The largest absolute Gasteiger partial charge is 0.477 e. The Labute approximate surface area is 193 Å². The number of anilines is 1. The third kappa shape index (κ3) is 4.78. The maximum absolute atomic E-state index is 15.0. The number of piperazine rings is 1. The molecule has 1 aromatic carbocycles. The molecule has 0 radical (unpaired) electrons. The van der Waals surface area contributed by atoms with E-state index in [2.05, 4.69) is 0 Å². The van der Waals surface area contributed by atoms with E-state index >= 15 is 4.39 Å². The van der Waals surface area contributed by atoms with Gasteiger partial charge in [0.1, 0.15) is 23.6 Å². The summed E-state index contributed by atoms with van der Waals surface area (Å²) in [5, 5.41) is 9.39. The number of amides is 1. The quantitative estimate of drug-likeness (QED) is 0.472. The lowest BCUT2D eigenvalue weighted by Crippen LogP contribution is -2.50. The zero-order valence-corrected chi connectivity index (χ0v) is 18.6. The van der Waals surface area contributed by atoms with E-state index in [9.17, 15) is 29.1 Å². The monoisotopic (exact) mass is 473 g/mol. The van der Waals surface area contributed by atoms with Crippen LogP contribution in [0.3, 0.4) is 0 Å². The molecule has 1 aromatic heterocycles. The lowest BCUT2D eigenvalue weighted by Gasteiger charge is -2.36. The van der Waals surface area contributed by atoms with Crippen LogP contribution in [0.15, 0.2) is 23.1 Å². The lowest BCUT2D eigenvalue weighted by atomic mass is 10.1. The first-order chi connectivity index (χ1) is 16.2. The van der Waals surface area contributed by atoms with Crippen LogP contribution in [-0.4, -0.2) is 71.0 Å². The minimum absolute atomic E-state index is 0.0224. The molecule has 1 aliphatic carbocycles. The number of esters is 1. The maximum Gasteiger partial charge on any atom is 0.341 e. The van der Waals surface area contributed by atoms with Crippen molar-refractivity contribution in [2.75, 3.05) is 37.7 Å². The fourth-order valence-corrected chi connectivity index (χ4v) is 4.09. The van der Waals surface area contributed by atoms with Gasteiger partial charge in [0.05, 0.1) is 11.2 Å². The highest BCUT2D eigenvalue weighted by molar-refractivity contribution is 5.95. The van der Waals surface area contributed by atoms with E-state index in [0.717, 1.165) is 18.9 Å². The number of carboxylic acids is 1. The molecule has 4 rings (SSSR count). The number of fused-ring (bicyclic) bond motifs is 1. The Morgan fingerprint density at radius 1 is 1.12 bits per heavy atom. The number of aromatic carboxylic acids is 1. The fourth-order valence-electron chi connectivity index (χ4n) is 4.09. The Morgan fingerprint density at radius 3 is 2.38 bits per heavy atom. The molecule has 0 bridgehead atoms. The summed E-state index contributed by atoms with van der Waals surface area (Å²) in [6.07, 6.45) is 2.64. The summed E-state index contributed by atoms with van der Waals surface area (Å²) in [5.74, 6) is -3.51. The average Bonchev–Trinajstić information content (AvgIpc) is 3.62. The van der Waals surface area contributed by atoms with Crippen molar-refractivity contribution in [3.05, 3.63) is 39.9 Å². The molecule has 2 fully saturated rings. The second kappa shape index (κ2) is 9.24. The summed E-state index contributed by atoms with van der Waals surface area (Å²) in [5.41, 5.74) is -0.364. The molecular formula is C23H24FN3O7. The molecule has 1 aliphatic heterocycles. The van der Waals surface area contributed by atoms with Crippen molar-refractivity contribution in [3.8, 4) is 0 Å². The van der Waals surface area contributed by atoms with Crippen LogP contribution in [0.25, 0.3) is 10.9 Å². The van der Waals surface area contributed by atoms with E-state index in [1.165, 1.54) is 18.0 Å². The van der Waals surface area contributed by atoms with Crippen molar-refractivity contribution in [1.82, 2.24) is 9.47 Å².